The molecule has 1 aliphatic rings. The third-order valence-electron chi connectivity index (χ3n) is 7.93. The van der Waals surface area contributed by atoms with Crippen molar-refractivity contribution in [3.63, 3.8) is 0 Å². The van der Waals surface area contributed by atoms with Gasteiger partial charge in [-0.2, -0.15) is 4.98 Å². The number of carbonyl (C=O) groups is 2. The van der Waals surface area contributed by atoms with Gasteiger partial charge in [-0.05, 0) is 49.1 Å². The van der Waals surface area contributed by atoms with Crippen LogP contribution >= 0.6 is 0 Å². The van der Waals surface area contributed by atoms with E-state index < -0.39 is 11.7 Å². The van der Waals surface area contributed by atoms with E-state index >= 15 is 4.39 Å². The Bertz CT molecular complexity index is 1810. The van der Waals surface area contributed by atoms with E-state index in [-0.39, 0.29) is 23.7 Å². The number of H-pyrrole nitrogens is 1. The zero-order valence-electron chi connectivity index (χ0n) is 24.0. The standard InChI is InChI=1S/C31H32FN7O3/c1-17-19(14-33-29(41)28-37-30(42-38-28)31(2,3)4)5-7-22(25(17)32)26-24-21-8-6-20(39-11-9-18(15-40)10-12-39)13-23(21)36-27(24)35-16-34-26/h5-8,13,15-16,18H,9-12,14H2,1-4H3,(H,33,41)(H,34,35,36). The molecule has 216 valence electrons. The minimum Gasteiger partial charge on any atom is -0.371 e. The smallest absolute Gasteiger partial charge is 0.292 e. The van der Waals surface area contributed by atoms with Gasteiger partial charge in [-0.1, -0.05) is 38.1 Å². The minimum atomic E-state index is -0.498. The maximum absolute atomic E-state index is 15.9. The molecule has 4 heterocycles. The zero-order valence-corrected chi connectivity index (χ0v) is 24.0. The number of benzene rings is 2. The number of piperidine rings is 1. The number of hydrogen-bond acceptors (Lipinski definition) is 8. The fraction of sp³-hybridized carbons (Fsp3) is 0.355. The number of rotatable bonds is 6. The van der Waals surface area contributed by atoms with E-state index in [0.717, 1.165) is 54.2 Å². The van der Waals surface area contributed by atoms with Crippen LogP contribution in [0.3, 0.4) is 0 Å². The Morgan fingerprint density at radius 1 is 1.19 bits per heavy atom. The predicted molar refractivity (Wildman–Crippen MR) is 157 cm³/mol. The molecule has 0 spiro atoms. The number of aromatic nitrogens is 5. The lowest BCUT2D eigenvalue weighted by molar-refractivity contribution is -0.111. The monoisotopic (exact) mass is 569 g/mol. The third kappa shape index (κ3) is 4.99. The van der Waals surface area contributed by atoms with Gasteiger partial charge in [0, 0.05) is 53.1 Å². The van der Waals surface area contributed by atoms with Crippen molar-refractivity contribution in [2.45, 2.75) is 52.5 Å². The number of amides is 1. The molecule has 0 unspecified atom stereocenters. The van der Waals surface area contributed by atoms with Crippen molar-refractivity contribution >= 4 is 39.8 Å². The first kappa shape index (κ1) is 27.5. The average molecular weight is 570 g/mol. The molecule has 0 saturated carbocycles. The van der Waals surface area contributed by atoms with Gasteiger partial charge in [-0.25, -0.2) is 14.4 Å². The first-order valence-corrected chi connectivity index (χ1v) is 14.0. The summed E-state index contributed by atoms with van der Waals surface area (Å²) in [6.07, 6.45) is 4.17. The van der Waals surface area contributed by atoms with E-state index in [1.807, 2.05) is 26.8 Å². The Hall–Kier alpha value is -4.67. The number of fused-ring (bicyclic) bond motifs is 3. The van der Waals surface area contributed by atoms with Crippen LogP contribution in [-0.4, -0.2) is 50.4 Å². The highest BCUT2D eigenvalue weighted by atomic mass is 19.1. The zero-order chi connectivity index (χ0) is 29.6. The molecule has 0 radical (unpaired) electrons. The molecule has 10 nitrogen and oxygen atoms in total. The van der Waals surface area contributed by atoms with Gasteiger partial charge in [0.1, 0.15) is 24.1 Å². The molecule has 1 amide bonds. The molecule has 1 fully saturated rings. The highest BCUT2D eigenvalue weighted by Gasteiger charge is 2.25. The lowest BCUT2D eigenvalue weighted by Gasteiger charge is -2.31. The largest absolute Gasteiger partial charge is 0.371 e. The summed E-state index contributed by atoms with van der Waals surface area (Å²) in [5, 5.41) is 8.16. The Labute approximate surface area is 241 Å². The number of carbonyl (C=O) groups excluding carboxylic acids is 2. The third-order valence-corrected chi connectivity index (χ3v) is 7.93. The van der Waals surface area contributed by atoms with E-state index in [0.29, 0.717) is 33.9 Å². The van der Waals surface area contributed by atoms with Crippen molar-refractivity contribution in [3.8, 4) is 11.3 Å². The van der Waals surface area contributed by atoms with Crippen molar-refractivity contribution in [2.75, 3.05) is 18.0 Å². The van der Waals surface area contributed by atoms with Crippen LogP contribution in [0, 0.1) is 18.7 Å². The van der Waals surface area contributed by atoms with Gasteiger partial charge < -0.3 is 24.5 Å². The molecule has 6 rings (SSSR count). The summed E-state index contributed by atoms with van der Waals surface area (Å²) in [7, 11) is 0. The summed E-state index contributed by atoms with van der Waals surface area (Å²) >= 11 is 0. The first-order valence-electron chi connectivity index (χ1n) is 14.0. The normalized spacial score (nSPS) is 14.5. The Morgan fingerprint density at radius 3 is 2.69 bits per heavy atom. The number of aldehydes is 1. The van der Waals surface area contributed by atoms with Crippen molar-refractivity contribution in [1.29, 1.82) is 0 Å². The van der Waals surface area contributed by atoms with E-state index in [2.05, 4.69) is 47.4 Å². The first-order chi connectivity index (χ1) is 20.1. The molecule has 2 aromatic carbocycles. The molecule has 42 heavy (non-hydrogen) atoms. The summed E-state index contributed by atoms with van der Waals surface area (Å²) in [5.74, 6) is -0.486. The fourth-order valence-corrected chi connectivity index (χ4v) is 5.39. The van der Waals surface area contributed by atoms with Crippen LogP contribution in [0.1, 0.15) is 61.2 Å². The molecular formula is C31H32FN7O3. The van der Waals surface area contributed by atoms with Crippen LogP contribution < -0.4 is 10.2 Å². The van der Waals surface area contributed by atoms with Crippen molar-refractivity contribution < 1.29 is 18.5 Å². The predicted octanol–water partition coefficient (Wildman–Crippen LogP) is 5.25. The Balaban J connectivity index is 1.27. The molecule has 5 aromatic rings. The second-order valence-corrected chi connectivity index (χ2v) is 11.8. The van der Waals surface area contributed by atoms with Crippen LogP contribution in [0.4, 0.5) is 10.1 Å². The SMILES string of the molecule is Cc1c(CNC(=O)c2noc(C(C)(C)C)n2)ccc(-c2ncnc3[nH]c4cc(N5CCC(C=O)CC5)ccc4c23)c1F. The fourth-order valence-electron chi connectivity index (χ4n) is 5.39. The molecule has 0 aliphatic carbocycles. The van der Waals surface area contributed by atoms with Gasteiger partial charge >= 0.3 is 0 Å². The molecular weight excluding hydrogens is 537 g/mol. The van der Waals surface area contributed by atoms with Crippen LogP contribution in [0.5, 0.6) is 0 Å². The number of halogens is 1. The number of hydrogen-bond donors (Lipinski definition) is 2. The van der Waals surface area contributed by atoms with Crippen LogP contribution in [0.2, 0.25) is 0 Å². The summed E-state index contributed by atoms with van der Waals surface area (Å²) < 4.78 is 21.1. The lowest BCUT2D eigenvalue weighted by atomic mass is 9.97. The maximum Gasteiger partial charge on any atom is 0.292 e. The molecule has 0 atom stereocenters. The van der Waals surface area contributed by atoms with E-state index in [9.17, 15) is 9.59 Å². The summed E-state index contributed by atoms with van der Waals surface area (Å²) in [5.41, 5.74) is 4.06. The summed E-state index contributed by atoms with van der Waals surface area (Å²) in [6, 6.07) is 9.61. The maximum atomic E-state index is 15.9. The summed E-state index contributed by atoms with van der Waals surface area (Å²) in [6.45, 7) is 9.16. The number of nitrogens with one attached hydrogen (secondary N) is 2. The highest BCUT2D eigenvalue weighted by Crippen LogP contribution is 2.36. The topological polar surface area (TPSA) is 130 Å². The van der Waals surface area contributed by atoms with Crippen LogP contribution in [0.15, 0.2) is 41.2 Å². The van der Waals surface area contributed by atoms with Crippen molar-refractivity contribution in [1.82, 2.24) is 30.4 Å². The molecule has 11 heteroatoms. The molecule has 1 saturated heterocycles. The average Bonchev–Trinajstić information content (AvgIpc) is 3.63. The second-order valence-electron chi connectivity index (χ2n) is 11.8. The minimum absolute atomic E-state index is 0.0639. The van der Waals surface area contributed by atoms with Gasteiger partial charge in [0.25, 0.3) is 11.7 Å². The number of nitrogens with zero attached hydrogens (tertiary/aromatic N) is 5. The molecule has 2 N–H and O–H groups in total. The molecule has 3 aromatic heterocycles. The van der Waals surface area contributed by atoms with E-state index in [4.69, 9.17) is 4.52 Å². The van der Waals surface area contributed by atoms with Crippen molar-refractivity contribution in [3.05, 3.63) is 65.3 Å². The van der Waals surface area contributed by atoms with Gasteiger partial charge in [-0.3, -0.25) is 4.79 Å². The van der Waals surface area contributed by atoms with Gasteiger partial charge in [0.15, 0.2) is 0 Å². The van der Waals surface area contributed by atoms with E-state index in [1.54, 1.807) is 19.1 Å². The number of anilines is 1. The highest BCUT2D eigenvalue weighted by molar-refractivity contribution is 6.12. The van der Waals surface area contributed by atoms with Gasteiger partial charge in [-0.15, -0.1) is 0 Å². The second kappa shape index (κ2) is 10.6. The van der Waals surface area contributed by atoms with Gasteiger partial charge in [0.2, 0.25) is 5.89 Å². The molecule has 1 aliphatic heterocycles. The van der Waals surface area contributed by atoms with Crippen molar-refractivity contribution in [2.24, 2.45) is 5.92 Å². The lowest BCUT2D eigenvalue weighted by Crippen LogP contribution is -2.33. The Morgan fingerprint density at radius 2 is 1.98 bits per heavy atom. The quantitative estimate of drug-likeness (QED) is 0.265. The Kier molecular flexibility index (Phi) is 6.96. The van der Waals surface area contributed by atoms with E-state index in [1.165, 1.54) is 6.33 Å². The van der Waals surface area contributed by atoms with Crippen LogP contribution in [0.25, 0.3) is 33.2 Å². The number of aromatic amines is 1. The summed E-state index contributed by atoms with van der Waals surface area (Å²) in [4.78, 5) is 42.5. The van der Waals surface area contributed by atoms with Crippen LogP contribution in [-0.2, 0) is 16.8 Å². The molecule has 0 bridgehead atoms. The van der Waals surface area contributed by atoms with Gasteiger partial charge in [0.05, 0.1) is 11.1 Å².